The molecule has 3 rings (SSSR count). The van der Waals surface area contributed by atoms with Crippen molar-refractivity contribution in [3.63, 3.8) is 0 Å². The van der Waals surface area contributed by atoms with Gasteiger partial charge in [0.05, 0.1) is 25.7 Å². The van der Waals surface area contributed by atoms with Crippen molar-refractivity contribution in [2.24, 2.45) is 0 Å². The summed E-state index contributed by atoms with van der Waals surface area (Å²) in [5, 5.41) is 10.0. The standard InChI is InChI=1S/C20H17Br2NO6S/c1-27-13-5-3-4-6-14(13)29-8-7-23-19(25)16(30-20(23)26)9-11-17(22)12(21)10-15(28-2)18(11)24/h3-6,9-10,24H,7-8H2,1-2H3/b16-9-. The highest BCUT2D eigenvalue weighted by atomic mass is 79.9. The van der Waals surface area contributed by atoms with Crippen LogP contribution in [0.5, 0.6) is 23.0 Å². The molecule has 2 aromatic rings. The number of carbonyl (C=O) groups is 2. The number of methoxy groups -OCH3 is 2. The van der Waals surface area contributed by atoms with E-state index in [1.54, 1.807) is 24.3 Å². The summed E-state index contributed by atoms with van der Waals surface area (Å²) in [7, 11) is 2.96. The minimum absolute atomic E-state index is 0.0784. The number of thioether (sulfide) groups is 1. The number of imide groups is 1. The Morgan fingerprint density at radius 2 is 1.77 bits per heavy atom. The van der Waals surface area contributed by atoms with Crippen LogP contribution in [-0.2, 0) is 4.79 Å². The zero-order valence-corrected chi connectivity index (χ0v) is 20.0. The summed E-state index contributed by atoms with van der Waals surface area (Å²) in [5.74, 6) is 0.728. The van der Waals surface area contributed by atoms with Crippen LogP contribution in [0.2, 0.25) is 0 Å². The quantitative estimate of drug-likeness (QED) is 0.476. The van der Waals surface area contributed by atoms with Crippen LogP contribution in [0.25, 0.3) is 6.08 Å². The molecule has 2 amide bonds. The number of carbonyl (C=O) groups excluding carboxylic acids is 2. The number of phenols is 1. The molecule has 0 atom stereocenters. The van der Waals surface area contributed by atoms with E-state index >= 15 is 0 Å². The van der Waals surface area contributed by atoms with Crippen molar-refractivity contribution in [3.05, 3.63) is 49.7 Å². The number of amides is 2. The van der Waals surface area contributed by atoms with E-state index in [4.69, 9.17) is 14.2 Å². The van der Waals surface area contributed by atoms with Crippen LogP contribution in [0, 0.1) is 0 Å². The maximum Gasteiger partial charge on any atom is 0.293 e. The Kier molecular flexibility index (Phi) is 7.32. The first kappa shape index (κ1) is 22.5. The Balaban J connectivity index is 1.76. The molecule has 0 aromatic heterocycles. The van der Waals surface area contributed by atoms with E-state index in [0.717, 1.165) is 16.7 Å². The van der Waals surface area contributed by atoms with E-state index in [-0.39, 0.29) is 29.6 Å². The number of hydrogen-bond acceptors (Lipinski definition) is 7. The van der Waals surface area contributed by atoms with Crippen LogP contribution in [0.4, 0.5) is 4.79 Å². The second-order valence-electron chi connectivity index (χ2n) is 5.97. The van der Waals surface area contributed by atoms with Crippen molar-refractivity contribution >= 4 is 60.8 Å². The molecule has 1 heterocycles. The first-order valence-electron chi connectivity index (χ1n) is 8.63. The van der Waals surface area contributed by atoms with Gasteiger partial charge in [0.2, 0.25) is 0 Å². The molecule has 10 heteroatoms. The van der Waals surface area contributed by atoms with E-state index < -0.39 is 11.1 Å². The largest absolute Gasteiger partial charge is 0.504 e. The molecule has 1 N–H and O–H groups in total. The maximum absolute atomic E-state index is 12.7. The van der Waals surface area contributed by atoms with Gasteiger partial charge in [0, 0.05) is 14.5 Å². The van der Waals surface area contributed by atoms with Crippen molar-refractivity contribution in [3.8, 4) is 23.0 Å². The fraction of sp³-hybridized carbons (Fsp3) is 0.200. The van der Waals surface area contributed by atoms with Gasteiger partial charge in [0.15, 0.2) is 23.0 Å². The maximum atomic E-state index is 12.7. The fourth-order valence-electron chi connectivity index (χ4n) is 2.71. The van der Waals surface area contributed by atoms with Crippen LogP contribution in [0.3, 0.4) is 0 Å². The van der Waals surface area contributed by atoms with Gasteiger partial charge >= 0.3 is 0 Å². The summed E-state index contributed by atoms with van der Waals surface area (Å²) in [5.41, 5.74) is 0.331. The molecule has 1 fully saturated rings. The van der Waals surface area contributed by atoms with Crippen LogP contribution in [0.1, 0.15) is 5.56 Å². The zero-order valence-electron chi connectivity index (χ0n) is 16.0. The molecule has 1 aliphatic rings. The molecule has 0 saturated carbocycles. The predicted octanol–water partition coefficient (Wildman–Crippen LogP) is 5.05. The smallest absolute Gasteiger partial charge is 0.293 e. The number of phenolic OH excluding ortho intramolecular Hbond substituents is 1. The molecule has 0 unspecified atom stereocenters. The van der Waals surface area contributed by atoms with Crippen molar-refractivity contribution in [2.45, 2.75) is 0 Å². The van der Waals surface area contributed by atoms with E-state index in [1.165, 1.54) is 20.3 Å². The fourth-order valence-corrected chi connectivity index (χ4v) is 4.39. The molecule has 7 nitrogen and oxygen atoms in total. The lowest BCUT2D eigenvalue weighted by atomic mass is 10.1. The van der Waals surface area contributed by atoms with Gasteiger partial charge < -0.3 is 19.3 Å². The molecular formula is C20H17Br2NO6S. The van der Waals surface area contributed by atoms with E-state index in [0.29, 0.717) is 26.0 Å². The number of benzene rings is 2. The van der Waals surface area contributed by atoms with Gasteiger partial charge in [0.1, 0.15) is 6.61 Å². The number of aromatic hydroxyl groups is 1. The van der Waals surface area contributed by atoms with Gasteiger partial charge in [-0.15, -0.1) is 0 Å². The summed E-state index contributed by atoms with van der Waals surface area (Å²) in [6.07, 6.45) is 1.46. The number of para-hydroxylation sites is 2. The average Bonchev–Trinajstić information content (AvgIpc) is 3.01. The zero-order chi connectivity index (χ0) is 21.8. The van der Waals surface area contributed by atoms with Crippen molar-refractivity contribution < 1.29 is 28.9 Å². The van der Waals surface area contributed by atoms with E-state index in [1.807, 2.05) is 6.07 Å². The minimum atomic E-state index is -0.459. The summed E-state index contributed by atoms with van der Waals surface area (Å²) in [4.78, 5) is 26.4. The Bertz CT molecular complexity index is 1030. The highest BCUT2D eigenvalue weighted by molar-refractivity contribution is 9.13. The Morgan fingerprint density at radius 1 is 1.10 bits per heavy atom. The molecule has 0 bridgehead atoms. The Labute approximate surface area is 194 Å². The molecule has 2 aromatic carbocycles. The van der Waals surface area contributed by atoms with Gasteiger partial charge in [-0.1, -0.05) is 12.1 Å². The number of nitrogens with zero attached hydrogens (tertiary/aromatic N) is 1. The highest BCUT2D eigenvalue weighted by Gasteiger charge is 2.35. The summed E-state index contributed by atoms with van der Waals surface area (Å²) in [6.45, 7) is 0.195. The van der Waals surface area contributed by atoms with Gasteiger partial charge in [-0.2, -0.15) is 0 Å². The second-order valence-corrected chi connectivity index (χ2v) is 8.61. The van der Waals surface area contributed by atoms with Crippen LogP contribution >= 0.6 is 43.6 Å². The molecule has 1 saturated heterocycles. The van der Waals surface area contributed by atoms with Gasteiger partial charge in [-0.3, -0.25) is 14.5 Å². The summed E-state index contributed by atoms with van der Waals surface area (Å²) < 4.78 is 17.2. The molecule has 30 heavy (non-hydrogen) atoms. The van der Waals surface area contributed by atoms with E-state index in [2.05, 4.69) is 31.9 Å². The Hall–Kier alpha value is -2.17. The lowest BCUT2D eigenvalue weighted by Gasteiger charge is -2.14. The first-order valence-corrected chi connectivity index (χ1v) is 11.0. The van der Waals surface area contributed by atoms with Gasteiger partial charge in [-0.25, -0.2) is 0 Å². The summed E-state index contributed by atoms with van der Waals surface area (Å²) in [6, 6.07) is 8.72. The molecule has 0 aliphatic carbocycles. The van der Waals surface area contributed by atoms with E-state index in [9.17, 15) is 14.7 Å². The SMILES string of the molecule is COc1ccccc1OCCN1C(=O)S/C(=C\c2c(O)c(OC)cc(Br)c2Br)C1=O. The third-order valence-corrected chi connectivity index (χ3v) is 7.12. The van der Waals surface area contributed by atoms with Gasteiger partial charge in [-0.05, 0) is 67.9 Å². The van der Waals surface area contributed by atoms with Gasteiger partial charge in [0.25, 0.3) is 11.1 Å². The minimum Gasteiger partial charge on any atom is -0.504 e. The first-order chi connectivity index (χ1) is 14.4. The topological polar surface area (TPSA) is 85.3 Å². The molecule has 0 spiro atoms. The number of ether oxygens (including phenoxy) is 3. The van der Waals surface area contributed by atoms with Crippen molar-refractivity contribution in [1.82, 2.24) is 4.90 Å². The molecular weight excluding hydrogens is 542 g/mol. The average molecular weight is 559 g/mol. The molecule has 0 radical (unpaired) electrons. The van der Waals surface area contributed by atoms with Crippen molar-refractivity contribution in [2.75, 3.05) is 27.4 Å². The van der Waals surface area contributed by atoms with Crippen LogP contribution in [0.15, 0.2) is 44.2 Å². The third-order valence-electron chi connectivity index (χ3n) is 4.20. The van der Waals surface area contributed by atoms with Crippen LogP contribution in [-0.4, -0.2) is 48.5 Å². The monoisotopic (exact) mass is 557 g/mol. The number of hydrogen-bond donors (Lipinski definition) is 1. The Morgan fingerprint density at radius 3 is 2.43 bits per heavy atom. The number of halogens is 2. The lowest BCUT2D eigenvalue weighted by Crippen LogP contribution is -2.32. The summed E-state index contributed by atoms with van der Waals surface area (Å²) >= 11 is 7.54. The third kappa shape index (κ3) is 4.60. The van der Waals surface area contributed by atoms with Crippen LogP contribution < -0.4 is 14.2 Å². The predicted molar refractivity (Wildman–Crippen MR) is 121 cm³/mol. The second kappa shape index (κ2) is 9.76. The molecule has 158 valence electrons. The lowest BCUT2D eigenvalue weighted by molar-refractivity contribution is -0.123. The number of rotatable bonds is 7. The van der Waals surface area contributed by atoms with Crippen molar-refractivity contribution in [1.29, 1.82) is 0 Å². The molecule has 1 aliphatic heterocycles. The normalized spacial score (nSPS) is 15.1. The highest BCUT2D eigenvalue weighted by Crippen LogP contribution is 2.43.